The van der Waals surface area contributed by atoms with E-state index < -0.39 is 0 Å². The molecule has 0 aliphatic heterocycles. The van der Waals surface area contributed by atoms with Gasteiger partial charge in [0.2, 0.25) is 5.91 Å². The van der Waals surface area contributed by atoms with Crippen molar-refractivity contribution in [2.45, 2.75) is 20.3 Å². The number of carbonyl (C=O) groups excluding carboxylic acids is 1. The van der Waals surface area contributed by atoms with Gasteiger partial charge in [-0.1, -0.05) is 24.3 Å². The highest BCUT2D eigenvalue weighted by Crippen LogP contribution is 2.28. The topological polar surface area (TPSA) is 63.6 Å². The quantitative estimate of drug-likeness (QED) is 0.562. The third-order valence-electron chi connectivity index (χ3n) is 3.85. The van der Waals surface area contributed by atoms with Crippen LogP contribution in [-0.4, -0.2) is 23.7 Å². The lowest BCUT2D eigenvalue weighted by atomic mass is 10.0. The Bertz CT molecular complexity index is 947. The van der Waals surface area contributed by atoms with Crippen LogP contribution in [0.2, 0.25) is 0 Å². The predicted molar refractivity (Wildman–Crippen MR) is 101 cm³/mol. The van der Waals surface area contributed by atoms with Crippen LogP contribution in [0.5, 0.6) is 5.75 Å². The number of nitrogens with zero attached hydrogens (tertiary/aromatic N) is 2. The standard InChI is InChI=1S/C19H19N3O2S/c1-12(21-22-19(23)10-14-11-25-13(2)20-14)15-8-9-18(24-3)17-7-5-4-6-16(15)17/h4-9,11H,10H2,1-3H3,(H,22,23)/b21-12-. The van der Waals surface area contributed by atoms with Crippen molar-refractivity contribution < 1.29 is 9.53 Å². The number of rotatable bonds is 5. The number of aromatic nitrogens is 1. The fraction of sp³-hybridized carbons (Fsp3) is 0.211. The summed E-state index contributed by atoms with van der Waals surface area (Å²) in [5.41, 5.74) is 5.08. The van der Waals surface area contributed by atoms with Gasteiger partial charge in [0.25, 0.3) is 0 Å². The molecule has 0 aliphatic rings. The Morgan fingerprint density at radius 3 is 2.68 bits per heavy atom. The summed E-state index contributed by atoms with van der Waals surface area (Å²) in [4.78, 5) is 16.3. The molecule has 0 bridgehead atoms. The Morgan fingerprint density at radius 2 is 2.00 bits per heavy atom. The molecule has 5 nitrogen and oxygen atoms in total. The maximum absolute atomic E-state index is 12.0. The molecule has 128 valence electrons. The number of nitrogens with one attached hydrogen (secondary N) is 1. The number of hydrogen-bond donors (Lipinski definition) is 1. The van der Waals surface area contributed by atoms with Crippen LogP contribution in [0, 0.1) is 6.92 Å². The average molecular weight is 353 g/mol. The van der Waals surface area contributed by atoms with Gasteiger partial charge in [-0.3, -0.25) is 4.79 Å². The second-order valence-corrected chi connectivity index (χ2v) is 6.69. The molecule has 0 aliphatic carbocycles. The monoisotopic (exact) mass is 353 g/mol. The van der Waals surface area contributed by atoms with Crippen LogP contribution >= 0.6 is 11.3 Å². The van der Waals surface area contributed by atoms with E-state index in [1.54, 1.807) is 7.11 Å². The van der Waals surface area contributed by atoms with Gasteiger partial charge in [-0.2, -0.15) is 5.10 Å². The zero-order valence-electron chi connectivity index (χ0n) is 14.4. The summed E-state index contributed by atoms with van der Waals surface area (Å²) >= 11 is 1.53. The van der Waals surface area contributed by atoms with Crippen LogP contribution in [0.25, 0.3) is 10.8 Å². The van der Waals surface area contributed by atoms with Gasteiger partial charge in [-0.25, -0.2) is 10.4 Å². The van der Waals surface area contributed by atoms with E-state index in [0.717, 1.165) is 38.5 Å². The number of hydrogen-bond acceptors (Lipinski definition) is 5. The maximum atomic E-state index is 12.0. The van der Waals surface area contributed by atoms with Gasteiger partial charge < -0.3 is 4.74 Å². The van der Waals surface area contributed by atoms with Crippen LogP contribution in [-0.2, 0) is 11.2 Å². The van der Waals surface area contributed by atoms with Crippen molar-refractivity contribution in [1.82, 2.24) is 10.4 Å². The molecule has 6 heteroatoms. The van der Waals surface area contributed by atoms with Crippen LogP contribution in [0.3, 0.4) is 0 Å². The highest BCUT2D eigenvalue weighted by Gasteiger charge is 2.10. The molecule has 1 N–H and O–H groups in total. The number of fused-ring (bicyclic) bond motifs is 1. The number of benzene rings is 2. The Kier molecular flexibility index (Phi) is 5.09. The van der Waals surface area contributed by atoms with Crippen molar-refractivity contribution in [3.63, 3.8) is 0 Å². The summed E-state index contributed by atoms with van der Waals surface area (Å²) in [6.45, 7) is 3.80. The molecule has 0 unspecified atom stereocenters. The van der Waals surface area contributed by atoms with Crippen molar-refractivity contribution in [2.75, 3.05) is 7.11 Å². The first-order valence-electron chi connectivity index (χ1n) is 7.88. The number of carbonyl (C=O) groups is 1. The summed E-state index contributed by atoms with van der Waals surface area (Å²) in [6.07, 6.45) is 0.227. The summed E-state index contributed by atoms with van der Waals surface area (Å²) < 4.78 is 5.41. The minimum atomic E-state index is -0.178. The van der Waals surface area contributed by atoms with Gasteiger partial charge in [0, 0.05) is 16.3 Å². The minimum Gasteiger partial charge on any atom is -0.496 e. The van der Waals surface area contributed by atoms with Crippen LogP contribution in [0.4, 0.5) is 0 Å². The van der Waals surface area contributed by atoms with E-state index in [2.05, 4.69) is 15.5 Å². The first-order chi connectivity index (χ1) is 12.1. The van der Waals surface area contributed by atoms with E-state index in [0.29, 0.717) is 0 Å². The predicted octanol–water partition coefficient (Wildman–Crippen LogP) is 3.70. The average Bonchev–Trinajstić information content (AvgIpc) is 3.03. The first-order valence-corrected chi connectivity index (χ1v) is 8.76. The number of ether oxygens (including phenoxy) is 1. The lowest BCUT2D eigenvalue weighted by Gasteiger charge is -2.10. The summed E-state index contributed by atoms with van der Waals surface area (Å²) in [5, 5.41) is 9.15. The normalized spacial score (nSPS) is 11.6. The smallest absolute Gasteiger partial charge is 0.246 e. The van der Waals surface area contributed by atoms with Gasteiger partial charge >= 0.3 is 0 Å². The second-order valence-electron chi connectivity index (χ2n) is 5.63. The van der Waals surface area contributed by atoms with Gasteiger partial charge in [-0.15, -0.1) is 11.3 Å². The second kappa shape index (κ2) is 7.44. The molecule has 1 aromatic heterocycles. The summed E-state index contributed by atoms with van der Waals surface area (Å²) in [5.74, 6) is 0.637. The highest BCUT2D eigenvalue weighted by molar-refractivity contribution is 7.09. The zero-order valence-corrected chi connectivity index (χ0v) is 15.2. The van der Waals surface area contributed by atoms with Gasteiger partial charge in [0.15, 0.2) is 0 Å². The van der Waals surface area contributed by atoms with Crippen LogP contribution < -0.4 is 10.2 Å². The number of methoxy groups -OCH3 is 1. The largest absolute Gasteiger partial charge is 0.496 e. The fourth-order valence-electron chi connectivity index (χ4n) is 2.66. The van der Waals surface area contributed by atoms with E-state index in [-0.39, 0.29) is 12.3 Å². The molecule has 2 aromatic carbocycles. The Morgan fingerprint density at radius 1 is 1.24 bits per heavy atom. The minimum absolute atomic E-state index is 0.178. The lowest BCUT2D eigenvalue weighted by molar-refractivity contribution is -0.120. The highest BCUT2D eigenvalue weighted by atomic mass is 32.1. The van der Waals surface area contributed by atoms with Crippen molar-refractivity contribution in [1.29, 1.82) is 0 Å². The van der Waals surface area contributed by atoms with Crippen LogP contribution in [0.15, 0.2) is 46.9 Å². The SMILES string of the molecule is COc1ccc(/C(C)=N\NC(=O)Cc2csc(C)n2)c2ccccc12. The van der Waals surface area contributed by atoms with Gasteiger partial charge in [0.05, 0.1) is 29.9 Å². The number of thiazole rings is 1. The Balaban J connectivity index is 1.80. The van der Waals surface area contributed by atoms with E-state index in [4.69, 9.17) is 4.74 Å². The van der Waals surface area contributed by atoms with Crippen molar-refractivity contribution in [2.24, 2.45) is 5.10 Å². The lowest BCUT2D eigenvalue weighted by Crippen LogP contribution is -2.21. The molecular weight excluding hydrogens is 334 g/mol. The maximum Gasteiger partial charge on any atom is 0.246 e. The summed E-state index contributed by atoms with van der Waals surface area (Å²) in [6, 6.07) is 11.8. The van der Waals surface area contributed by atoms with Crippen molar-refractivity contribution >= 4 is 33.7 Å². The van der Waals surface area contributed by atoms with E-state index in [1.807, 2.05) is 55.6 Å². The van der Waals surface area contributed by atoms with E-state index in [1.165, 1.54) is 11.3 Å². The molecule has 0 fully saturated rings. The molecule has 3 aromatic rings. The molecule has 0 spiro atoms. The molecule has 1 heterocycles. The number of amides is 1. The Labute approximate surface area is 150 Å². The number of aryl methyl sites for hydroxylation is 1. The third kappa shape index (κ3) is 3.85. The third-order valence-corrected chi connectivity index (χ3v) is 4.67. The molecule has 0 saturated heterocycles. The molecule has 3 rings (SSSR count). The molecule has 1 amide bonds. The fourth-order valence-corrected chi connectivity index (χ4v) is 3.28. The zero-order chi connectivity index (χ0) is 17.8. The molecule has 0 saturated carbocycles. The molecule has 0 atom stereocenters. The molecule has 25 heavy (non-hydrogen) atoms. The van der Waals surface area contributed by atoms with Crippen molar-refractivity contribution in [3.05, 3.63) is 58.0 Å². The van der Waals surface area contributed by atoms with Crippen LogP contribution in [0.1, 0.15) is 23.2 Å². The molecular formula is C19H19N3O2S. The van der Waals surface area contributed by atoms with Crippen molar-refractivity contribution in [3.8, 4) is 5.75 Å². The molecule has 0 radical (unpaired) electrons. The number of hydrazone groups is 1. The van der Waals surface area contributed by atoms with Gasteiger partial charge in [0.1, 0.15) is 5.75 Å². The van der Waals surface area contributed by atoms with E-state index >= 15 is 0 Å². The summed E-state index contributed by atoms with van der Waals surface area (Å²) in [7, 11) is 1.66. The Hall–Kier alpha value is -2.73. The van der Waals surface area contributed by atoms with E-state index in [9.17, 15) is 4.79 Å². The van der Waals surface area contributed by atoms with Gasteiger partial charge in [-0.05, 0) is 31.4 Å². The first kappa shape index (κ1) is 17.1.